The maximum absolute atomic E-state index is 10.8. The number of nitrogens with zero attached hydrogens (tertiary/aromatic N) is 2. The minimum absolute atomic E-state index is 0.229. The number of hydrogen-bond donors (Lipinski definition) is 0. The predicted molar refractivity (Wildman–Crippen MR) is 69.3 cm³/mol. The van der Waals surface area contributed by atoms with Crippen molar-refractivity contribution in [3.8, 4) is 11.8 Å². The highest BCUT2D eigenvalue weighted by Crippen LogP contribution is 2.24. The van der Waals surface area contributed by atoms with Crippen molar-refractivity contribution in [2.24, 2.45) is 0 Å². The third-order valence-electron chi connectivity index (χ3n) is 1.90. The van der Waals surface area contributed by atoms with Gasteiger partial charge in [-0.05, 0) is 34.1 Å². The van der Waals surface area contributed by atoms with Gasteiger partial charge in [-0.15, -0.1) is 0 Å². The second-order valence-electron chi connectivity index (χ2n) is 3.09. The number of ether oxygens (including phenoxy) is 1. The first-order valence-electron chi connectivity index (χ1n) is 4.59. The number of halogens is 2. The first-order valence-corrected chi connectivity index (χ1v) is 6.18. The quantitative estimate of drug-likeness (QED) is 0.787. The van der Waals surface area contributed by atoms with E-state index >= 15 is 0 Å². The van der Waals surface area contributed by atoms with Crippen molar-refractivity contribution in [2.45, 2.75) is 0 Å². The molecule has 0 radical (unpaired) electrons. The molecule has 0 spiro atoms. The molecule has 4 nitrogen and oxygen atoms in total. The smallest absolute Gasteiger partial charge is 0.321 e. The van der Waals surface area contributed by atoms with E-state index in [2.05, 4.69) is 41.8 Å². The lowest BCUT2D eigenvalue weighted by Gasteiger charge is -2.04. The van der Waals surface area contributed by atoms with E-state index in [1.165, 1.54) is 0 Å². The van der Waals surface area contributed by atoms with Crippen molar-refractivity contribution in [3.63, 3.8) is 0 Å². The first kappa shape index (κ1) is 12.2. The van der Waals surface area contributed by atoms with Crippen molar-refractivity contribution >= 4 is 38.1 Å². The van der Waals surface area contributed by atoms with Gasteiger partial charge in [-0.25, -0.2) is 9.97 Å². The van der Waals surface area contributed by atoms with Crippen molar-refractivity contribution < 1.29 is 9.53 Å². The number of rotatable bonds is 3. The van der Waals surface area contributed by atoms with Crippen LogP contribution < -0.4 is 4.74 Å². The maximum Gasteiger partial charge on any atom is 0.321 e. The van der Waals surface area contributed by atoms with E-state index in [0.717, 1.165) is 15.2 Å². The molecule has 0 atom stereocenters. The van der Waals surface area contributed by atoms with E-state index < -0.39 is 0 Å². The number of benzene rings is 1. The molecule has 86 valence electrons. The summed E-state index contributed by atoms with van der Waals surface area (Å²) in [6, 6.07) is 5.30. The molecule has 6 heteroatoms. The summed E-state index contributed by atoms with van der Waals surface area (Å²) >= 11 is 6.49. The lowest BCUT2D eigenvalue weighted by atomic mass is 10.2. The molecule has 0 aliphatic carbocycles. The Morgan fingerprint density at radius 2 is 1.88 bits per heavy atom. The topological polar surface area (TPSA) is 52.1 Å². The molecule has 0 N–H and O–H groups in total. The van der Waals surface area contributed by atoms with E-state index in [9.17, 15) is 4.79 Å². The van der Waals surface area contributed by atoms with Crippen molar-refractivity contribution in [1.29, 1.82) is 0 Å². The Labute approximate surface area is 114 Å². The molecule has 2 rings (SSSR count). The first-order chi connectivity index (χ1) is 8.19. The monoisotopic (exact) mass is 356 g/mol. The lowest BCUT2D eigenvalue weighted by molar-refractivity contribution is 0.112. The van der Waals surface area contributed by atoms with Gasteiger partial charge in [0.05, 0.1) is 4.47 Å². The van der Waals surface area contributed by atoms with E-state index in [-0.39, 0.29) is 6.01 Å². The van der Waals surface area contributed by atoms with E-state index in [1.807, 2.05) is 0 Å². The fraction of sp³-hybridized carbons (Fsp3) is 0. The van der Waals surface area contributed by atoms with Gasteiger partial charge >= 0.3 is 6.01 Å². The van der Waals surface area contributed by atoms with Crippen molar-refractivity contribution in [3.05, 3.63) is 45.1 Å². The fourth-order valence-electron chi connectivity index (χ4n) is 1.13. The average molecular weight is 358 g/mol. The lowest BCUT2D eigenvalue weighted by Crippen LogP contribution is -1.92. The standard InChI is InChI=1S/C11H6Br2N2O2/c12-8-4-14-11(15-5-8)17-9-1-2-10(13)7(3-9)6-16/h1-6H. The molecule has 2 aromatic rings. The number of hydrogen-bond acceptors (Lipinski definition) is 4. The van der Waals surface area contributed by atoms with Crippen LogP contribution in [-0.2, 0) is 0 Å². The Hall–Kier alpha value is -1.27. The summed E-state index contributed by atoms with van der Waals surface area (Å²) in [4.78, 5) is 18.7. The maximum atomic E-state index is 10.8. The van der Waals surface area contributed by atoms with Gasteiger partial charge < -0.3 is 4.74 Å². The molecule has 0 fully saturated rings. The van der Waals surface area contributed by atoms with Crippen LogP contribution in [-0.4, -0.2) is 16.3 Å². The molecule has 0 saturated carbocycles. The minimum atomic E-state index is 0.229. The van der Waals surface area contributed by atoms with Gasteiger partial charge in [0.25, 0.3) is 0 Å². The van der Waals surface area contributed by atoms with Crippen LogP contribution in [0.25, 0.3) is 0 Å². The summed E-state index contributed by atoms with van der Waals surface area (Å²) in [7, 11) is 0. The van der Waals surface area contributed by atoms with Gasteiger partial charge in [-0.3, -0.25) is 4.79 Å². The number of carbonyl (C=O) groups is 1. The van der Waals surface area contributed by atoms with Gasteiger partial charge in [0.2, 0.25) is 0 Å². The minimum Gasteiger partial charge on any atom is -0.424 e. The second-order valence-corrected chi connectivity index (χ2v) is 4.86. The Balaban J connectivity index is 2.24. The molecule has 0 saturated heterocycles. The number of aromatic nitrogens is 2. The Bertz CT molecular complexity index is 544. The van der Waals surface area contributed by atoms with Crippen LogP contribution in [0.15, 0.2) is 39.5 Å². The third-order valence-corrected chi connectivity index (χ3v) is 3.03. The molecular formula is C11H6Br2N2O2. The molecule has 1 aromatic heterocycles. The molecule has 0 aliphatic heterocycles. The van der Waals surface area contributed by atoms with Gasteiger partial charge in [-0.2, -0.15) is 0 Å². The average Bonchev–Trinajstić information content (AvgIpc) is 2.34. The van der Waals surface area contributed by atoms with E-state index in [0.29, 0.717) is 11.3 Å². The van der Waals surface area contributed by atoms with Crippen LogP contribution in [0.2, 0.25) is 0 Å². The van der Waals surface area contributed by atoms with Gasteiger partial charge in [0, 0.05) is 22.4 Å². The summed E-state index contributed by atoms with van der Waals surface area (Å²) < 4.78 is 6.90. The molecular weight excluding hydrogens is 352 g/mol. The SMILES string of the molecule is O=Cc1cc(Oc2ncc(Br)cn2)ccc1Br. The summed E-state index contributed by atoms with van der Waals surface area (Å²) in [5.41, 5.74) is 0.514. The van der Waals surface area contributed by atoms with Crippen molar-refractivity contribution in [2.75, 3.05) is 0 Å². The second kappa shape index (κ2) is 5.37. The Morgan fingerprint density at radius 3 is 2.53 bits per heavy atom. The molecule has 1 heterocycles. The molecule has 0 amide bonds. The number of aldehydes is 1. The number of carbonyl (C=O) groups excluding carboxylic acids is 1. The van der Waals surface area contributed by atoms with Gasteiger partial charge in [0.1, 0.15) is 5.75 Å². The highest BCUT2D eigenvalue weighted by atomic mass is 79.9. The zero-order valence-corrected chi connectivity index (χ0v) is 11.6. The molecule has 1 aromatic carbocycles. The van der Waals surface area contributed by atoms with Crippen LogP contribution in [0.4, 0.5) is 0 Å². The summed E-state index contributed by atoms with van der Waals surface area (Å²) in [6.45, 7) is 0. The fourth-order valence-corrected chi connectivity index (χ4v) is 1.68. The molecule has 0 unspecified atom stereocenters. The van der Waals surface area contributed by atoms with E-state index in [1.54, 1.807) is 30.6 Å². The zero-order valence-electron chi connectivity index (χ0n) is 8.43. The Kier molecular flexibility index (Phi) is 3.86. The van der Waals surface area contributed by atoms with Crippen LogP contribution in [0.1, 0.15) is 10.4 Å². The van der Waals surface area contributed by atoms with Crippen LogP contribution in [0.5, 0.6) is 11.8 Å². The Morgan fingerprint density at radius 1 is 1.18 bits per heavy atom. The van der Waals surface area contributed by atoms with Crippen LogP contribution in [0.3, 0.4) is 0 Å². The summed E-state index contributed by atoms with van der Waals surface area (Å²) in [5.74, 6) is 0.512. The van der Waals surface area contributed by atoms with Crippen LogP contribution in [0, 0.1) is 0 Å². The third kappa shape index (κ3) is 3.10. The van der Waals surface area contributed by atoms with Gasteiger partial charge in [0.15, 0.2) is 6.29 Å². The summed E-state index contributed by atoms with van der Waals surface area (Å²) in [6.07, 6.45) is 3.92. The van der Waals surface area contributed by atoms with E-state index in [4.69, 9.17) is 4.74 Å². The molecule has 0 aliphatic rings. The van der Waals surface area contributed by atoms with Gasteiger partial charge in [-0.1, -0.05) is 15.9 Å². The van der Waals surface area contributed by atoms with Crippen LogP contribution >= 0.6 is 31.9 Å². The summed E-state index contributed by atoms with van der Waals surface area (Å²) in [5, 5.41) is 0. The zero-order chi connectivity index (χ0) is 12.3. The predicted octanol–water partition coefficient (Wildman–Crippen LogP) is 3.61. The molecule has 0 bridgehead atoms. The highest BCUT2D eigenvalue weighted by molar-refractivity contribution is 9.10. The van der Waals surface area contributed by atoms with Crippen molar-refractivity contribution in [1.82, 2.24) is 9.97 Å². The normalized spacial score (nSPS) is 10.0. The molecule has 17 heavy (non-hydrogen) atoms. The largest absolute Gasteiger partial charge is 0.424 e. The highest BCUT2D eigenvalue weighted by Gasteiger charge is 2.04.